The molecule has 0 saturated carbocycles. The molecule has 0 bridgehead atoms. The Hall–Kier alpha value is -1.04. The van der Waals surface area contributed by atoms with Crippen LogP contribution in [0.15, 0.2) is 18.2 Å². The molecule has 2 N–H and O–H groups in total. The SMILES string of the molecule is CN(CC1CCOCC1)C(CN)c1c(F)cccc1F. The van der Waals surface area contributed by atoms with E-state index in [0.717, 1.165) is 32.6 Å². The summed E-state index contributed by atoms with van der Waals surface area (Å²) in [4.78, 5) is 1.96. The van der Waals surface area contributed by atoms with E-state index in [-0.39, 0.29) is 12.1 Å². The van der Waals surface area contributed by atoms with E-state index in [2.05, 4.69) is 0 Å². The van der Waals surface area contributed by atoms with Gasteiger partial charge in [-0.25, -0.2) is 8.78 Å². The highest BCUT2D eigenvalue weighted by Crippen LogP contribution is 2.26. The Morgan fingerprint density at radius 1 is 1.30 bits per heavy atom. The van der Waals surface area contributed by atoms with Gasteiger partial charge in [0.2, 0.25) is 0 Å². The number of nitrogens with zero attached hydrogens (tertiary/aromatic N) is 1. The maximum Gasteiger partial charge on any atom is 0.130 e. The number of nitrogens with two attached hydrogens (primary N) is 1. The number of rotatable bonds is 5. The lowest BCUT2D eigenvalue weighted by Gasteiger charge is -2.32. The van der Waals surface area contributed by atoms with Crippen LogP contribution in [0.4, 0.5) is 8.78 Å². The third kappa shape index (κ3) is 3.53. The Bertz CT molecular complexity index is 416. The van der Waals surface area contributed by atoms with Crippen LogP contribution >= 0.6 is 0 Å². The fourth-order valence-corrected chi connectivity index (χ4v) is 2.81. The average molecular weight is 284 g/mol. The van der Waals surface area contributed by atoms with Crippen LogP contribution in [-0.2, 0) is 4.74 Å². The van der Waals surface area contributed by atoms with Gasteiger partial charge < -0.3 is 10.5 Å². The highest BCUT2D eigenvalue weighted by molar-refractivity contribution is 5.23. The lowest BCUT2D eigenvalue weighted by atomic mass is 9.97. The van der Waals surface area contributed by atoms with Gasteiger partial charge in [0.1, 0.15) is 11.6 Å². The van der Waals surface area contributed by atoms with E-state index in [9.17, 15) is 8.78 Å². The normalized spacial score (nSPS) is 18.4. The topological polar surface area (TPSA) is 38.5 Å². The summed E-state index contributed by atoms with van der Waals surface area (Å²) in [5.74, 6) is -0.559. The molecule has 1 heterocycles. The third-order valence-electron chi connectivity index (χ3n) is 3.98. The molecule has 0 aliphatic carbocycles. The standard InChI is InChI=1S/C15H22F2N2O/c1-19(10-11-5-7-20-8-6-11)14(9-18)15-12(16)3-2-4-13(15)17/h2-4,11,14H,5-10,18H2,1H3. The Kier molecular flexibility index (Phi) is 5.46. The molecule has 20 heavy (non-hydrogen) atoms. The van der Waals surface area contributed by atoms with Gasteiger partial charge in [0.25, 0.3) is 0 Å². The van der Waals surface area contributed by atoms with Gasteiger partial charge in [0, 0.05) is 31.9 Å². The molecule has 112 valence electrons. The zero-order valence-electron chi connectivity index (χ0n) is 11.8. The first-order valence-electron chi connectivity index (χ1n) is 7.05. The van der Waals surface area contributed by atoms with Gasteiger partial charge in [-0.1, -0.05) is 6.07 Å². The van der Waals surface area contributed by atoms with Crippen LogP contribution in [0.2, 0.25) is 0 Å². The van der Waals surface area contributed by atoms with Crippen molar-refractivity contribution in [2.45, 2.75) is 18.9 Å². The van der Waals surface area contributed by atoms with E-state index in [0.29, 0.717) is 5.92 Å². The predicted molar refractivity (Wildman–Crippen MR) is 74.3 cm³/mol. The summed E-state index contributed by atoms with van der Waals surface area (Å²) in [7, 11) is 1.87. The summed E-state index contributed by atoms with van der Waals surface area (Å²) < 4.78 is 33.1. The number of ether oxygens (including phenoxy) is 1. The van der Waals surface area contributed by atoms with Crippen LogP contribution in [0.5, 0.6) is 0 Å². The fourth-order valence-electron chi connectivity index (χ4n) is 2.81. The predicted octanol–water partition coefficient (Wildman–Crippen LogP) is 2.32. The van der Waals surface area contributed by atoms with E-state index in [4.69, 9.17) is 10.5 Å². The molecule has 0 aromatic heterocycles. The van der Waals surface area contributed by atoms with Crippen molar-refractivity contribution in [1.82, 2.24) is 4.90 Å². The number of hydrogen-bond acceptors (Lipinski definition) is 3. The van der Waals surface area contributed by atoms with Crippen molar-refractivity contribution in [3.8, 4) is 0 Å². The maximum absolute atomic E-state index is 13.9. The smallest absolute Gasteiger partial charge is 0.130 e. The van der Waals surface area contributed by atoms with Crippen LogP contribution in [0.3, 0.4) is 0 Å². The molecular weight excluding hydrogens is 262 g/mol. The first kappa shape index (κ1) is 15.4. The maximum atomic E-state index is 13.9. The van der Waals surface area contributed by atoms with E-state index in [1.807, 2.05) is 11.9 Å². The van der Waals surface area contributed by atoms with Crippen molar-refractivity contribution < 1.29 is 13.5 Å². The highest BCUT2D eigenvalue weighted by atomic mass is 19.1. The molecule has 1 unspecified atom stereocenters. The monoisotopic (exact) mass is 284 g/mol. The molecule has 2 rings (SSSR count). The van der Waals surface area contributed by atoms with E-state index in [1.165, 1.54) is 18.2 Å². The molecule has 1 aliphatic rings. The molecule has 1 saturated heterocycles. The molecule has 1 aliphatic heterocycles. The van der Waals surface area contributed by atoms with Crippen LogP contribution in [-0.4, -0.2) is 38.3 Å². The molecule has 1 atom stereocenters. The minimum Gasteiger partial charge on any atom is -0.381 e. The van der Waals surface area contributed by atoms with E-state index >= 15 is 0 Å². The highest BCUT2D eigenvalue weighted by Gasteiger charge is 2.25. The Morgan fingerprint density at radius 2 is 1.90 bits per heavy atom. The summed E-state index contributed by atoms with van der Waals surface area (Å²) in [6.45, 7) is 2.50. The van der Waals surface area contributed by atoms with Gasteiger partial charge in [-0.2, -0.15) is 0 Å². The molecule has 1 fully saturated rings. The Balaban J connectivity index is 2.10. The van der Waals surface area contributed by atoms with Crippen LogP contribution in [0.25, 0.3) is 0 Å². The van der Waals surface area contributed by atoms with Crippen molar-refractivity contribution in [3.63, 3.8) is 0 Å². The molecule has 0 radical (unpaired) electrons. The molecule has 1 aromatic carbocycles. The molecule has 0 spiro atoms. The first-order chi connectivity index (χ1) is 9.63. The van der Waals surface area contributed by atoms with E-state index < -0.39 is 17.7 Å². The van der Waals surface area contributed by atoms with Crippen molar-refractivity contribution in [3.05, 3.63) is 35.4 Å². The molecule has 0 amide bonds. The summed E-state index contributed by atoms with van der Waals surface area (Å²) in [5, 5.41) is 0. The summed E-state index contributed by atoms with van der Waals surface area (Å²) in [6.07, 6.45) is 1.97. The first-order valence-corrected chi connectivity index (χ1v) is 7.05. The van der Waals surface area contributed by atoms with Gasteiger partial charge >= 0.3 is 0 Å². The summed E-state index contributed by atoms with van der Waals surface area (Å²) >= 11 is 0. The second-order valence-electron chi connectivity index (χ2n) is 5.38. The van der Waals surface area contributed by atoms with Crippen LogP contribution < -0.4 is 5.73 Å². The fraction of sp³-hybridized carbons (Fsp3) is 0.600. The van der Waals surface area contributed by atoms with Gasteiger partial charge in [-0.15, -0.1) is 0 Å². The van der Waals surface area contributed by atoms with Crippen molar-refractivity contribution in [2.24, 2.45) is 11.7 Å². The Morgan fingerprint density at radius 3 is 2.45 bits per heavy atom. The Labute approximate surface area is 118 Å². The van der Waals surface area contributed by atoms with E-state index in [1.54, 1.807) is 0 Å². The minimum atomic E-state index is -0.528. The molecule has 1 aromatic rings. The number of benzene rings is 1. The number of likely N-dealkylation sites (N-methyl/N-ethyl adjacent to an activating group) is 1. The lowest BCUT2D eigenvalue weighted by Crippen LogP contribution is -2.36. The third-order valence-corrected chi connectivity index (χ3v) is 3.98. The van der Waals surface area contributed by atoms with Crippen molar-refractivity contribution in [2.75, 3.05) is 33.4 Å². The zero-order chi connectivity index (χ0) is 14.5. The largest absolute Gasteiger partial charge is 0.381 e. The lowest BCUT2D eigenvalue weighted by molar-refractivity contribution is 0.0502. The van der Waals surface area contributed by atoms with Gasteiger partial charge in [-0.05, 0) is 37.9 Å². The summed E-state index contributed by atoms with van der Waals surface area (Å²) in [6, 6.07) is 3.51. The van der Waals surface area contributed by atoms with Crippen molar-refractivity contribution in [1.29, 1.82) is 0 Å². The van der Waals surface area contributed by atoms with Crippen LogP contribution in [0, 0.1) is 17.6 Å². The van der Waals surface area contributed by atoms with Gasteiger partial charge in [-0.3, -0.25) is 4.90 Å². The van der Waals surface area contributed by atoms with Gasteiger partial charge in [0.15, 0.2) is 0 Å². The average Bonchev–Trinajstić information content (AvgIpc) is 2.44. The molecular formula is C15H22F2N2O. The molecule has 5 heteroatoms. The van der Waals surface area contributed by atoms with Crippen LogP contribution in [0.1, 0.15) is 24.4 Å². The van der Waals surface area contributed by atoms with Gasteiger partial charge in [0.05, 0.1) is 6.04 Å². The quantitative estimate of drug-likeness (QED) is 0.902. The van der Waals surface area contributed by atoms with Crippen molar-refractivity contribution >= 4 is 0 Å². The second-order valence-corrected chi connectivity index (χ2v) is 5.38. The summed E-state index contributed by atoms with van der Waals surface area (Å²) in [5.41, 5.74) is 5.82. The second kappa shape index (κ2) is 7.11. The molecule has 3 nitrogen and oxygen atoms in total. The minimum absolute atomic E-state index is 0.0737. The number of hydrogen-bond donors (Lipinski definition) is 1. The number of halogens is 2. The zero-order valence-corrected chi connectivity index (χ0v) is 11.8.